The average molecular weight is 294 g/mol. The fourth-order valence-electron chi connectivity index (χ4n) is 3.88. The summed E-state index contributed by atoms with van der Waals surface area (Å²) in [5, 5.41) is 13.2. The van der Waals surface area contributed by atoms with Gasteiger partial charge in [-0.2, -0.15) is 0 Å². The topological polar surface area (TPSA) is 49.3 Å². The zero-order valence-corrected chi connectivity index (χ0v) is 12.1. The second-order valence-electron chi connectivity index (χ2n) is 6.24. The summed E-state index contributed by atoms with van der Waals surface area (Å²) in [5.74, 6) is 1.83. The Bertz CT molecular complexity index is 474. The highest BCUT2D eigenvalue weighted by Crippen LogP contribution is 2.47. The van der Waals surface area contributed by atoms with Crippen LogP contribution in [0.1, 0.15) is 32.1 Å². The van der Waals surface area contributed by atoms with Crippen LogP contribution in [0, 0.1) is 17.8 Å². The summed E-state index contributed by atoms with van der Waals surface area (Å²) in [4.78, 5) is 12.0. The van der Waals surface area contributed by atoms with Gasteiger partial charge < -0.3 is 10.4 Å². The molecule has 20 heavy (non-hydrogen) atoms. The number of carbonyl (C=O) groups excluding carboxylic acids is 1. The minimum absolute atomic E-state index is 0.0813. The van der Waals surface area contributed by atoms with Gasteiger partial charge in [-0.05, 0) is 67.7 Å². The van der Waals surface area contributed by atoms with Gasteiger partial charge in [0.05, 0.1) is 6.10 Å². The van der Waals surface area contributed by atoms with Crippen LogP contribution in [0.2, 0.25) is 5.02 Å². The van der Waals surface area contributed by atoms with Crippen LogP contribution in [0.4, 0.5) is 5.69 Å². The number of amides is 1. The molecule has 0 bridgehead atoms. The smallest absolute Gasteiger partial charge is 0.224 e. The molecule has 3 nitrogen and oxygen atoms in total. The molecular formula is C16H20ClNO2. The minimum Gasteiger partial charge on any atom is -0.393 e. The van der Waals surface area contributed by atoms with Crippen LogP contribution in [0.3, 0.4) is 0 Å². The van der Waals surface area contributed by atoms with E-state index in [0.29, 0.717) is 29.2 Å². The van der Waals surface area contributed by atoms with Gasteiger partial charge in [-0.25, -0.2) is 0 Å². The Labute approximate surface area is 124 Å². The summed E-state index contributed by atoms with van der Waals surface area (Å²) in [6.45, 7) is 0. The largest absolute Gasteiger partial charge is 0.393 e. The number of aliphatic hydroxyl groups excluding tert-OH is 1. The molecule has 0 spiro atoms. The number of aliphatic hydroxyl groups is 1. The molecule has 2 N–H and O–H groups in total. The van der Waals surface area contributed by atoms with Gasteiger partial charge in [0.1, 0.15) is 0 Å². The van der Waals surface area contributed by atoms with Crippen molar-refractivity contribution in [3.05, 3.63) is 29.3 Å². The number of halogens is 1. The van der Waals surface area contributed by atoms with E-state index in [1.165, 1.54) is 0 Å². The van der Waals surface area contributed by atoms with Crippen LogP contribution >= 0.6 is 11.6 Å². The number of anilines is 1. The van der Waals surface area contributed by atoms with Crippen molar-refractivity contribution in [3.63, 3.8) is 0 Å². The molecule has 2 aliphatic rings. The fraction of sp³-hybridized carbons (Fsp3) is 0.562. The maximum Gasteiger partial charge on any atom is 0.224 e. The van der Waals surface area contributed by atoms with Crippen LogP contribution in [-0.4, -0.2) is 17.1 Å². The first-order valence-corrected chi connectivity index (χ1v) is 7.71. The van der Waals surface area contributed by atoms with Crippen molar-refractivity contribution in [2.24, 2.45) is 17.8 Å². The molecule has 108 valence electrons. The van der Waals surface area contributed by atoms with Crippen molar-refractivity contribution < 1.29 is 9.90 Å². The Morgan fingerprint density at radius 1 is 1.15 bits per heavy atom. The lowest BCUT2D eigenvalue weighted by atomic mass is 9.99. The van der Waals surface area contributed by atoms with Crippen LogP contribution in [0.15, 0.2) is 24.3 Å². The van der Waals surface area contributed by atoms with Crippen LogP contribution in [0.5, 0.6) is 0 Å². The van der Waals surface area contributed by atoms with Crippen LogP contribution in [0.25, 0.3) is 0 Å². The van der Waals surface area contributed by atoms with E-state index in [0.717, 1.165) is 31.4 Å². The summed E-state index contributed by atoms with van der Waals surface area (Å²) in [7, 11) is 0. The monoisotopic (exact) mass is 293 g/mol. The highest BCUT2D eigenvalue weighted by molar-refractivity contribution is 6.30. The summed E-state index contributed by atoms with van der Waals surface area (Å²) < 4.78 is 0. The Hall–Kier alpha value is -1.06. The average Bonchev–Trinajstić information content (AvgIpc) is 2.88. The molecule has 1 aromatic carbocycles. The molecule has 2 aliphatic carbocycles. The summed E-state index contributed by atoms with van der Waals surface area (Å²) in [6, 6.07) is 7.19. The number of carbonyl (C=O) groups is 1. The molecular weight excluding hydrogens is 274 g/mol. The van der Waals surface area contributed by atoms with E-state index in [9.17, 15) is 9.90 Å². The lowest BCUT2D eigenvalue weighted by molar-refractivity contribution is -0.117. The van der Waals surface area contributed by atoms with Crippen LogP contribution in [-0.2, 0) is 4.79 Å². The first-order valence-electron chi connectivity index (χ1n) is 7.33. The number of hydrogen-bond acceptors (Lipinski definition) is 2. The molecule has 3 rings (SSSR count). The van der Waals surface area contributed by atoms with E-state index in [1.807, 2.05) is 12.1 Å². The molecule has 1 aromatic rings. The quantitative estimate of drug-likeness (QED) is 0.896. The SMILES string of the molecule is O=C(C[C@H]1C[C@H]2C[C@@H](O)C[C@H]2C1)Nc1ccc(Cl)cc1. The Kier molecular flexibility index (Phi) is 3.99. The van der Waals surface area contributed by atoms with Crippen molar-refractivity contribution in [2.45, 2.75) is 38.2 Å². The first-order chi connectivity index (χ1) is 9.60. The minimum atomic E-state index is -0.103. The van der Waals surface area contributed by atoms with E-state index < -0.39 is 0 Å². The normalized spacial score (nSPS) is 32.1. The molecule has 0 aliphatic heterocycles. The molecule has 0 saturated heterocycles. The number of nitrogens with one attached hydrogen (secondary N) is 1. The molecule has 0 unspecified atom stereocenters. The molecule has 4 heteroatoms. The zero-order valence-electron chi connectivity index (χ0n) is 11.4. The van der Waals surface area contributed by atoms with Gasteiger partial charge in [0.15, 0.2) is 0 Å². The molecule has 2 saturated carbocycles. The number of rotatable bonds is 3. The van der Waals surface area contributed by atoms with Crippen molar-refractivity contribution in [1.29, 1.82) is 0 Å². The van der Waals surface area contributed by atoms with E-state index in [2.05, 4.69) is 5.32 Å². The Morgan fingerprint density at radius 2 is 1.75 bits per heavy atom. The summed E-state index contributed by atoms with van der Waals surface area (Å²) >= 11 is 5.82. The highest BCUT2D eigenvalue weighted by Gasteiger charge is 2.41. The third-order valence-corrected chi connectivity index (χ3v) is 4.94. The standard InChI is InChI=1S/C16H20ClNO2/c17-13-1-3-14(4-2-13)18-16(20)7-10-5-11-8-15(19)9-12(11)6-10/h1-4,10-12,15,19H,5-9H2,(H,18,20)/t10-,11-,12+,15+. The lowest BCUT2D eigenvalue weighted by Crippen LogP contribution is -2.16. The first kappa shape index (κ1) is 13.9. The molecule has 1 amide bonds. The molecule has 0 aromatic heterocycles. The van der Waals surface area contributed by atoms with Gasteiger partial charge >= 0.3 is 0 Å². The molecule has 2 fully saturated rings. The molecule has 0 heterocycles. The summed E-state index contributed by atoms with van der Waals surface area (Å²) in [5.41, 5.74) is 0.799. The van der Waals surface area contributed by atoms with Gasteiger partial charge in [-0.1, -0.05) is 11.6 Å². The Morgan fingerprint density at radius 3 is 2.35 bits per heavy atom. The third kappa shape index (κ3) is 3.15. The Balaban J connectivity index is 1.49. The van der Waals surface area contributed by atoms with Gasteiger partial charge in [-0.3, -0.25) is 4.79 Å². The number of benzene rings is 1. The van der Waals surface area contributed by atoms with E-state index in [4.69, 9.17) is 11.6 Å². The highest BCUT2D eigenvalue weighted by atomic mass is 35.5. The number of hydrogen-bond donors (Lipinski definition) is 2. The van der Waals surface area contributed by atoms with E-state index in [-0.39, 0.29) is 12.0 Å². The molecule has 0 radical (unpaired) electrons. The maximum atomic E-state index is 12.0. The van der Waals surface area contributed by atoms with Gasteiger partial charge in [-0.15, -0.1) is 0 Å². The van der Waals surface area contributed by atoms with Crippen molar-refractivity contribution in [1.82, 2.24) is 0 Å². The predicted octanol–water partition coefficient (Wildman–Crippen LogP) is 3.47. The second-order valence-corrected chi connectivity index (χ2v) is 6.68. The zero-order chi connectivity index (χ0) is 14.1. The van der Waals surface area contributed by atoms with E-state index in [1.54, 1.807) is 12.1 Å². The molecule has 4 atom stereocenters. The van der Waals surface area contributed by atoms with Gasteiger partial charge in [0.25, 0.3) is 0 Å². The van der Waals surface area contributed by atoms with Crippen molar-refractivity contribution >= 4 is 23.2 Å². The van der Waals surface area contributed by atoms with Crippen molar-refractivity contribution in [2.75, 3.05) is 5.32 Å². The lowest BCUT2D eigenvalue weighted by Gasteiger charge is -2.12. The van der Waals surface area contributed by atoms with E-state index >= 15 is 0 Å². The van der Waals surface area contributed by atoms with Gasteiger partial charge in [0.2, 0.25) is 5.91 Å². The summed E-state index contributed by atoms with van der Waals surface area (Å²) in [6.07, 6.45) is 4.53. The maximum absolute atomic E-state index is 12.0. The fourth-order valence-corrected chi connectivity index (χ4v) is 4.01. The van der Waals surface area contributed by atoms with Crippen LogP contribution < -0.4 is 5.32 Å². The van der Waals surface area contributed by atoms with Gasteiger partial charge in [0, 0.05) is 17.1 Å². The number of fused-ring (bicyclic) bond motifs is 1. The third-order valence-electron chi connectivity index (χ3n) is 4.69. The predicted molar refractivity (Wildman–Crippen MR) is 79.6 cm³/mol. The van der Waals surface area contributed by atoms with Crippen molar-refractivity contribution in [3.8, 4) is 0 Å². The second kappa shape index (κ2) is 5.74.